The maximum atomic E-state index is 10.7. The summed E-state index contributed by atoms with van der Waals surface area (Å²) in [6.07, 6.45) is 8.30. The Morgan fingerprint density at radius 2 is 1.86 bits per heavy atom. The molecule has 1 aromatic heterocycles. The van der Waals surface area contributed by atoms with Crippen LogP contribution in [-0.2, 0) is 19.4 Å². The fourth-order valence-electron chi connectivity index (χ4n) is 5.66. The summed E-state index contributed by atoms with van der Waals surface area (Å²) < 4.78 is 2.00. The molecule has 8 heteroatoms. The molecule has 1 fully saturated rings. The minimum absolute atomic E-state index is 0.429. The van der Waals surface area contributed by atoms with Crippen LogP contribution in [0.4, 0.5) is 5.69 Å². The molecule has 1 unspecified atom stereocenters. The predicted molar refractivity (Wildman–Crippen MR) is 187 cm³/mol. The Morgan fingerprint density at radius 1 is 1.05 bits per heavy atom. The zero-order valence-electron chi connectivity index (χ0n) is 25.3. The number of hydrogen-bond acceptors (Lipinski definition) is 5. The number of nitrogens with one attached hydrogen (secondary N) is 1. The van der Waals surface area contributed by atoms with E-state index in [4.69, 9.17) is 11.6 Å². The van der Waals surface area contributed by atoms with E-state index in [2.05, 4.69) is 77.5 Å². The van der Waals surface area contributed by atoms with Gasteiger partial charge in [-0.2, -0.15) is 11.8 Å². The second-order valence-electron chi connectivity index (χ2n) is 11.7. The van der Waals surface area contributed by atoms with E-state index in [0.29, 0.717) is 19.6 Å². The standard InChI is InChI=1S/C36H41ClN4O2S/c1-26-4-3-5-27(18-26)6-7-28-8-9-30(20-34(28)37)33-19-29(10-11-35(33)40-25-38-2)31-12-15-41(22-31)23-32(42)21-39-24-36(43)13-16-44-17-14-36/h3-5,8-12,15,18-20,22,25,32,39,42-43H,2,6-7,13-14,16-17,21,23-24H2,1H3. The highest BCUT2D eigenvalue weighted by molar-refractivity contribution is 7.99. The predicted octanol–water partition coefficient (Wildman–Crippen LogP) is 7.14. The van der Waals surface area contributed by atoms with Crippen molar-refractivity contribution < 1.29 is 10.2 Å². The Morgan fingerprint density at radius 3 is 2.64 bits per heavy atom. The van der Waals surface area contributed by atoms with Crippen LogP contribution in [0.3, 0.4) is 0 Å². The van der Waals surface area contributed by atoms with Crippen molar-refractivity contribution in [3.05, 3.63) is 101 Å². The van der Waals surface area contributed by atoms with Gasteiger partial charge in [-0.3, -0.25) is 4.99 Å². The smallest absolute Gasteiger partial charge is 0.115 e. The number of aliphatic hydroxyl groups excluding tert-OH is 1. The van der Waals surface area contributed by atoms with Gasteiger partial charge in [-0.15, -0.1) is 0 Å². The van der Waals surface area contributed by atoms with Crippen molar-refractivity contribution in [2.75, 3.05) is 24.6 Å². The number of aromatic nitrogens is 1. The second-order valence-corrected chi connectivity index (χ2v) is 13.3. The molecule has 1 saturated heterocycles. The first-order chi connectivity index (χ1) is 21.3. The normalized spacial score (nSPS) is 15.5. The number of halogens is 1. The molecule has 6 nitrogen and oxygen atoms in total. The third-order valence-electron chi connectivity index (χ3n) is 8.17. The average Bonchev–Trinajstić information content (AvgIpc) is 3.48. The third-order valence-corrected chi connectivity index (χ3v) is 9.50. The molecule has 44 heavy (non-hydrogen) atoms. The van der Waals surface area contributed by atoms with Gasteiger partial charge in [-0.1, -0.05) is 59.6 Å². The summed E-state index contributed by atoms with van der Waals surface area (Å²) in [4.78, 5) is 8.33. The maximum Gasteiger partial charge on any atom is 0.115 e. The highest BCUT2D eigenvalue weighted by Crippen LogP contribution is 2.37. The average molecular weight is 629 g/mol. The Labute approximate surface area is 269 Å². The maximum absolute atomic E-state index is 10.7. The lowest BCUT2D eigenvalue weighted by atomic mass is 9.96. The number of thioether (sulfide) groups is 1. The number of aryl methyl sites for hydroxylation is 3. The number of benzene rings is 3. The molecule has 1 aliphatic heterocycles. The van der Waals surface area contributed by atoms with E-state index in [-0.39, 0.29) is 0 Å². The quantitative estimate of drug-likeness (QED) is 0.109. The Hall–Kier alpha value is -3.20. The van der Waals surface area contributed by atoms with Gasteiger partial charge < -0.3 is 20.1 Å². The van der Waals surface area contributed by atoms with Crippen LogP contribution in [0.5, 0.6) is 0 Å². The molecular formula is C36H41ClN4O2S. The van der Waals surface area contributed by atoms with E-state index < -0.39 is 11.7 Å². The van der Waals surface area contributed by atoms with Crippen molar-refractivity contribution in [3.8, 4) is 22.3 Å². The van der Waals surface area contributed by atoms with Crippen molar-refractivity contribution >= 4 is 42.1 Å². The van der Waals surface area contributed by atoms with E-state index in [9.17, 15) is 10.2 Å². The van der Waals surface area contributed by atoms with Gasteiger partial charge in [0.15, 0.2) is 0 Å². The Balaban J connectivity index is 1.28. The molecule has 1 atom stereocenters. The Bertz CT molecular complexity index is 1590. The van der Waals surface area contributed by atoms with E-state index >= 15 is 0 Å². The van der Waals surface area contributed by atoms with Crippen molar-refractivity contribution in [3.63, 3.8) is 0 Å². The van der Waals surface area contributed by atoms with Crippen LogP contribution in [0.25, 0.3) is 22.3 Å². The fraction of sp³-hybridized carbons (Fsp3) is 0.333. The van der Waals surface area contributed by atoms with Gasteiger partial charge in [-0.25, -0.2) is 4.99 Å². The van der Waals surface area contributed by atoms with Gasteiger partial charge in [0.2, 0.25) is 0 Å². The summed E-state index contributed by atoms with van der Waals surface area (Å²) in [5.41, 5.74) is 7.81. The lowest BCUT2D eigenvalue weighted by molar-refractivity contribution is 0.0285. The second kappa shape index (κ2) is 15.2. The fourth-order valence-corrected chi connectivity index (χ4v) is 7.19. The summed E-state index contributed by atoms with van der Waals surface area (Å²) in [6.45, 7) is 7.05. The molecule has 1 aliphatic rings. The molecule has 4 aromatic rings. The topological polar surface area (TPSA) is 82.1 Å². The van der Waals surface area contributed by atoms with Crippen molar-refractivity contribution in [2.45, 2.75) is 50.9 Å². The van der Waals surface area contributed by atoms with Crippen LogP contribution < -0.4 is 5.32 Å². The number of rotatable bonds is 13. The van der Waals surface area contributed by atoms with Gasteiger partial charge in [0.1, 0.15) is 6.34 Å². The minimum Gasteiger partial charge on any atom is -0.390 e. The highest BCUT2D eigenvalue weighted by Gasteiger charge is 2.29. The van der Waals surface area contributed by atoms with Crippen molar-refractivity contribution in [2.24, 2.45) is 9.98 Å². The molecular weight excluding hydrogens is 588 g/mol. The molecule has 0 spiro atoms. The van der Waals surface area contributed by atoms with Crippen molar-refractivity contribution in [1.82, 2.24) is 9.88 Å². The zero-order valence-corrected chi connectivity index (χ0v) is 26.8. The van der Waals surface area contributed by atoms with Crippen molar-refractivity contribution in [1.29, 1.82) is 0 Å². The first-order valence-corrected chi connectivity index (χ1v) is 16.7. The molecule has 3 N–H and O–H groups in total. The Kier molecular flexibility index (Phi) is 11.1. The molecule has 3 aromatic carbocycles. The molecule has 0 radical (unpaired) electrons. The van der Waals surface area contributed by atoms with Crippen LogP contribution in [-0.4, -0.2) is 64.1 Å². The largest absolute Gasteiger partial charge is 0.390 e. The molecule has 2 heterocycles. The van der Waals surface area contributed by atoms with Gasteiger partial charge >= 0.3 is 0 Å². The van der Waals surface area contributed by atoms with Crippen LogP contribution in [0.15, 0.2) is 89.1 Å². The van der Waals surface area contributed by atoms with Crippen LogP contribution >= 0.6 is 23.4 Å². The summed E-state index contributed by atoms with van der Waals surface area (Å²) in [6, 6.07) is 23.0. The number of hydrogen-bond donors (Lipinski definition) is 3. The van der Waals surface area contributed by atoms with Crippen LogP contribution in [0.2, 0.25) is 5.02 Å². The SMILES string of the molecule is C=NC=Nc1ccc(-c2ccn(CC(O)CNCC3(O)CCSCC3)c2)cc1-c1ccc(CCc2cccc(C)c2)c(Cl)c1. The molecule has 230 valence electrons. The number of aliphatic imine (C=N–C) groups is 2. The lowest BCUT2D eigenvalue weighted by Crippen LogP contribution is -2.45. The monoisotopic (exact) mass is 628 g/mol. The highest BCUT2D eigenvalue weighted by atomic mass is 35.5. The molecule has 0 aliphatic carbocycles. The van der Waals surface area contributed by atoms with Gasteiger partial charge in [0.25, 0.3) is 0 Å². The number of aliphatic hydroxyl groups is 2. The van der Waals surface area contributed by atoms with Gasteiger partial charge in [0.05, 0.1) is 17.4 Å². The summed E-state index contributed by atoms with van der Waals surface area (Å²) >= 11 is 8.70. The summed E-state index contributed by atoms with van der Waals surface area (Å²) in [5, 5.41) is 25.4. The van der Waals surface area contributed by atoms with Crippen LogP contribution in [0, 0.1) is 6.92 Å². The van der Waals surface area contributed by atoms with Gasteiger partial charge in [-0.05, 0) is 103 Å². The molecule has 0 amide bonds. The third kappa shape index (κ3) is 8.71. The molecule has 0 bridgehead atoms. The number of nitrogens with zero attached hydrogens (tertiary/aromatic N) is 3. The van der Waals surface area contributed by atoms with Crippen LogP contribution in [0.1, 0.15) is 29.5 Å². The minimum atomic E-state index is -0.660. The first kappa shape index (κ1) is 32.2. The van der Waals surface area contributed by atoms with E-state index in [1.165, 1.54) is 17.5 Å². The first-order valence-electron chi connectivity index (χ1n) is 15.1. The van der Waals surface area contributed by atoms with E-state index in [1.54, 1.807) is 0 Å². The molecule has 5 rings (SSSR count). The molecule has 0 saturated carbocycles. The summed E-state index contributed by atoms with van der Waals surface area (Å²) in [5.74, 6) is 1.97. The summed E-state index contributed by atoms with van der Waals surface area (Å²) in [7, 11) is 0. The zero-order chi connectivity index (χ0) is 30.9. The lowest BCUT2D eigenvalue weighted by Gasteiger charge is -2.32. The van der Waals surface area contributed by atoms with E-state index in [1.807, 2.05) is 46.9 Å². The van der Waals surface area contributed by atoms with E-state index in [0.717, 1.165) is 75.7 Å². The van der Waals surface area contributed by atoms with Gasteiger partial charge in [0, 0.05) is 42.6 Å².